The topological polar surface area (TPSA) is 89.7 Å². The van der Waals surface area contributed by atoms with Crippen molar-refractivity contribution in [2.45, 2.75) is 6.61 Å². The van der Waals surface area contributed by atoms with E-state index in [1.54, 1.807) is 54.6 Å². The van der Waals surface area contributed by atoms with Crippen molar-refractivity contribution in [3.05, 3.63) is 101 Å². The third kappa shape index (κ3) is 5.35. The Morgan fingerprint density at radius 1 is 1.06 bits per heavy atom. The number of nitro groups is 1. The molecule has 2 amide bonds. The lowest BCUT2D eigenvalue weighted by molar-refractivity contribution is -0.384. The number of benzene rings is 3. The van der Waals surface area contributed by atoms with Crippen LogP contribution in [0.1, 0.15) is 11.1 Å². The average molecular weight is 625 g/mol. The zero-order valence-electron chi connectivity index (χ0n) is 17.0. The van der Waals surface area contributed by atoms with Gasteiger partial charge < -0.3 is 4.74 Å². The minimum Gasteiger partial charge on any atom is -0.487 e. The van der Waals surface area contributed by atoms with Gasteiger partial charge in [0.05, 0.1) is 24.5 Å². The third-order valence-corrected chi connectivity index (χ3v) is 7.00. The molecule has 0 radical (unpaired) electrons. The van der Waals surface area contributed by atoms with Crippen molar-refractivity contribution < 1.29 is 19.2 Å². The Balaban J connectivity index is 1.53. The van der Waals surface area contributed by atoms with Gasteiger partial charge in [0.15, 0.2) is 0 Å². The van der Waals surface area contributed by atoms with Crippen LogP contribution in [0.5, 0.6) is 5.75 Å². The van der Waals surface area contributed by atoms with Crippen LogP contribution in [-0.4, -0.2) is 16.1 Å². The van der Waals surface area contributed by atoms with Crippen LogP contribution in [0.15, 0.2) is 74.5 Å². The van der Waals surface area contributed by atoms with Gasteiger partial charge in [-0.1, -0.05) is 23.7 Å². The molecule has 3 aromatic rings. The molecule has 3 aromatic carbocycles. The molecule has 0 N–H and O–H groups in total. The van der Waals surface area contributed by atoms with E-state index in [2.05, 4.69) is 31.9 Å². The van der Waals surface area contributed by atoms with Crippen LogP contribution < -0.4 is 9.64 Å². The van der Waals surface area contributed by atoms with Crippen LogP contribution in [0.3, 0.4) is 0 Å². The lowest BCUT2D eigenvalue weighted by Gasteiger charge is -2.12. The Hall–Kier alpha value is -2.66. The first kappa shape index (κ1) is 24.5. The average Bonchev–Trinajstić information content (AvgIpc) is 3.06. The number of anilines is 1. The Morgan fingerprint density at radius 3 is 2.38 bits per heavy atom. The number of carbonyl (C=O) groups excluding carboxylic acids is 2. The molecule has 0 bridgehead atoms. The van der Waals surface area contributed by atoms with Gasteiger partial charge in [-0.3, -0.25) is 19.7 Å². The molecule has 0 aromatic heterocycles. The minimum atomic E-state index is -0.460. The van der Waals surface area contributed by atoms with Crippen LogP contribution in [0.25, 0.3) is 6.08 Å². The Bertz CT molecular complexity index is 1320. The largest absolute Gasteiger partial charge is 0.487 e. The highest BCUT2D eigenvalue weighted by Gasteiger charge is 2.36. The molecule has 1 aliphatic heterocycles. The first-order valence-electron chi connectivity index (χ1n) is 9.61. The first-order chi connectivity index (χ1) is 16.2. The standard InChI is InChI=1S/C23H13Br2ClN2O5S/c24-18-9-14(10-19(25)21(18)33-12-13-2-1-3-17(8-13)28(31)32)11-20-22(29)27(23(30)34-20)16-6-4-15(26)5-7-16/h1-11H,12H2/b20-11+. The molecule has 1 aliphatic rings. The van der Waals surface area contributed by atoms with Crippen LogP contribution in [-0.2, 0) is 11.4 Å². The van der Waals surface area contributed by atoms with E-state index in [0.717, 1.165) is 16.7 Å². The van der Waals surface area contributed by atoms with E-state index < -0.39 is 16.1 Å². The lowest BCUT2D eigenvalue weighted by Crippen LogP contribution is -2.27. The van der Waals surface area contributed by atoms with Gasteiger partial charge in [0, 0.05) is 17.2 Å². The molecular weight excluding hydrogens is 612 g/mol. The normalized spacial score (nSPS) is 14.7. The molecule has 172 valence electrons. The van der Waals surface area contributed by atoms with Crippen molar-refractivity contribution in [2.75, 3.05) is 4.90 Å². The van der Waals surface area contributed by atoms with Crippen LogP contribution >= 0.6 is 55.2 Å². The number of thioether (sulfide) groups is 1. The van der Waals surface area contributed by atoms with Gasteiger partial charge in [0.1, 0.15) is 12.4 Å². The van der Waals surface area contributed by atoms with E-state index in [4.69, 9.17) is 16.3 Å². The molecule has 4 rings (SSSR count). The van der Waals surface area contributed by atoms with Crippen molar-refractivity contribution in [3.63, 3.8) is 0 Å². The lowest BCUT2D eigenvalue weighted by atomic mass is 10.2. The second kappa shape index (κ2) is 10.3. The van der Waals surface area contributed by atoms with E-state index in [0.29, 0.717) is 36.5 Å². The van der Waals surface area contributed by atoms with Crippen molar-refractivity contribution in [1.29, 1.82) is 0 Å². The molecule has 7 nitrogen and oxygen atoms in total. The summed E-state index contributed by atoms with van der Waals surface area (Å²) in [6.07, 6.45) is 1.63. The number of imide groups is 1. The Morgan fingerprint density at radius 2 is 1.74 bits per heavy atom. The molecule has 0 spiro atoms. The van der Waals surface area contributed by atoms with Gasteiger partial charge in [0.2, 0.25) is 0 Å². The van der Waals surface area contributed by atoms with Gasteiger partial charge in [0.25, 0.3) is 16.8 Å². The number of hydrogen-bond acceptors (Lipinski definition) is 6. The first-order valence-corrected chi connectivity index (χ1v) is 12.4. The summed E-state index contributed by atoms with van der Waals surface area (Å²) in [5.74, 6) is 0.0773. The molecule has 1 saturated heterocycles. The quantitative estimate of drug-likeness (QED) is 0.160. The monoisotopic (exact) mass is 622 g/mol. The fourth-order valence-electron chi connectivity index (χ4n) is 3.15. The summed E-state index contributed by atoms with van der Waals surface area (Å²) in [6.45, 7) is 0.123. The summed E-state index contributed by atoms with van der Waals surface area (Å²) in [5, 5.41) is 11.1. The van der Waals surface area contributed by atoms with Crippen molar-refractivity contribution >= 4 is 83.8 Å². The number of carbonyl (C=O) groups is 2. The number of hydrogen-bond donors (Lipinski definition) is 0. The highest BCUT2D eigenvalue weighted by Crippen LogP contribution is 2.39. The van der Waals surface area contributed by atoms with E-state index in [1.165, 1.54) is 12.1 Å². The third-order valence-electron chi connectivity index (χ3n) is 4.70. The van der Waals surface area contributed by atoms with Gasteiger partial charge in [-0.15, -0.1) is 0 Å². The SMILES string of the molecule is O=C1S/C(=C/c2cc(Br)c(OCc3cccc([N+](=O)[O-])c3)c(Br)c2)C(=O)N1c1ccc(Cl)cc1. The summed E-state index contributed by atoms with van der Waals surface area (Å²) in [5.41, 5.74) is 1.75. The Labute approximate surface area is 220 Å². The van der Waals surface area contributed by atoms with Crippen LogP contribution in [0, 0.1) is 10.1 Å². The summed E-state index contributed by atoms with van der Waals surface area (Å²) in [7, 11) is 0. The van der Waals surface area contributed by atoms with Crippen LogP contribution in [0.2, 0.25) is 5.02 Å². The number of halogens is 3. The molecule has 34 heavy (non-hydrogen) atoms. The number of nitrogens with zero attached hydrogens (tertiary/aromatic N) is 2. The molecule has 0 saturated carbocycles. The number of amides is 2. The highest BCUT2D eigenvalue weighted by atomic mass is 79.9. The number of rotatable bonds is 6. The molecular formula is C23H13Br2ClN2O5S. The van der Waals surface area contributed by atoms with E-state index >= 15 is 0 Å². The summed E-state index contributed by atoms with van der Waals surface area (Å²) in [6, 6.07) is 16.2. The van der Waals surface area contributed by atoms with Crippen LogP contribution in [0.4, 0.5) is 16.2 Å². The predicted octanol–water partition coefficient (Wildman–Crippen LogP) is 7.59. The zero-order chi connectivity index (χ0) is 24.4. The molecule has 0 atom stereocenters. The molecule has 1 fully saturated rings. The second-order valence-corrected chi connectivity index (χ2v) is 10.2. The maximum Gasteiger partial charge on any atom is 0.298 e. The van der Waals surface area contributed by atoms with Crippen molar-refractivity contribution in [1.82, 2.24) is 0 Å². The molecule has 11 heteroatoms. The van der Waals surface area contributed by atoms with Gasteiger partial charge in [-0.05, 0) is 97.2 Å². The molecule has 1 heterocycles. The number of nitro benzene ring substituents is 1. The Kier molecular flexibility index (Phi) is 7.42. The van der Waals surface area contributed by atoms with Gasteiger partial charge in [-0.25, -0.2) is 4.90 Å². The maximum absolute atomic E-state index is 12.9. The number of ether oxygens (including phenoxy) is 1. The molecule has 0 aliphatic carbocycles. The zero-order valence-corrected chi connectivity index (χ0v) is 21.8. The second-order valence-electron chi connectivity index (χ2n) is 7.02. The van der Waals surface area contributed by atoms with Gasteiger partial charge >= 0.3 is 0 Å². The molecule has 0 unspecified atom stereocenters. The van der Waals surface area contributed by atoms with E-state index in [-0.39, 0.29) is 17.2 Å². The van der Waals surface area contributed by atoms with Crippen molar-refractivity contribution in [2.24, 2.45) is 0 Å². The summed E-state index contributed by atoms with van der Waals surface area (Å²) < 4.78 is 7.07. The van der Waals surface area contributed by atoms with E-state index in [9.17, 15) is 19.7 Å². The summed E-state index contributed by atoms with van der Waals surface area (Å²) in [4.78, 5) is 37.2. The minimum absolute atomic E-state index is 0.0119. The summed E-state index contributed by atoms with van der Waals surface area (Å²) >= 11 is 13.7. The number of non-ortho nitro benzene ring substituents is 1. The highest BCUT2D eigenvalue weighted by molar-refractivity contribution is 9.11. The van der Waals surface area contributed by atoms with Crippen molar-refractivity contribution in [3.8, 4) is 5.75 Å². The van der Waals surface area contributed by atoms with Gasteiger partial charge in [-0.2, -0.15) is 0 Å². The smallest absolute Gasteiger partial charge is 0.298 e. The predicted molar refractivity (Wildman–Crippen MR) is 139 cm³/mol. The maximum atomic E-state index is 12.9. The van der Waals surface area contributed by atoms with E-state index in [1.807, 2.05) is 0 Å². The fourth-order valence-corrected chi connectivity index (χ4v) is 5.57. The fraction of sp³-hybridized carbons (Fsp3) is 0.0435.